The molecule has 7 heteroatoms. The number of nitrogens with one attached hydrogen (secondary N) is 1. The quantitative estimate of drug-likeness (QED) is 0.553. The fourth-order valence-corrected chi connectivity index (χ4v) is 4.03. The Bertz CT molecular complexity index is 719. The van der Waals surface area contributed by atoms with Gasteiger partial charge in [0.25, 0.3) is 0 Å². The number of nitrogens with zero attached hydrogens (tertiary/aromatic N) is 2. The van der Waals surface area contributed by atoms with Crippen LogP contribution in [0, 0.1) is 16.7 Å². The van der Waals surface area contributed by atoms with Crippen LogP contribution in [0.4, 0.5) is 0 Å². The minimum atomic E-state index is -0.997. The molecule has 2 heterocycles. The lowest BCUT2D eigenvalue weighted by Gasteiger charge is -2.46. The lowest BCUT2D eigenvalue weighted by molar-refractivity contribution is -0.154. The van der Waals surface area contributed by atoms with Crippen LogP contribution in [0.3, 0.4) is 0 Å². The van der Waals surface area contributed by atoms with Gasteiger partial charge in [0.15, 0.2) is 0 Å². The Balaban J connectivity index is 2.15. The number of amides is 2. The Labute approximate surface area is 146 Å². The average Bonchev–Trinajstić information content (AvgIpc) is 2.92. The lowest BCUT2D eigenvalue weighted by Crippen LogP contribution is -2.73. The number of likely N-dealkylation sites (tertiary alicyclic amines) is 1. The van der Waals surface area contributed by atoms with E-state index in [-0.39, 0.29) is 17.6 Å². The average molecular weight is 344 g/mol. The molecule has 4 atom stereocenters. The van der Waals surface area contributed by atoms with Crippen LogP contribution in [0.5, 0.6) is 0 Å². The number of nitriles is 1. The number of carbonyl (C=O) groups excluding carboxylic acids is 2. The smallest absolute Gasteiger partial charge is 0.248 e. The highest BCUT2D eigenvalue weighted by atomic mass is 32.1. The second kappa shape index (κ2) is 5.80. The number of carbonyl (C=O) groups is 2. The number of β-lactam (4-membered cyclic amide) rings is 1. The molecule has 24 heavy (non-hydrogen) atoms. The summed E-state index contributed by atoms with van der Waals surface area (Å²) in [6.45, 7) is 2.15. The van der Waals surface area contributed by atoms with Crippen molar-refractivity contribution in [3.05, 3.63) is 35.9 Å². The number of rotatable bonds is 3. The largest absolute Gasteiger partial charge is 0.351 e. The summed E-state index contributed by atoms with van der Waals surface area (Å²) in [5, 5.41) is 12.5. The molecule has 1 aromatic carbocycles. The van der Waals surface area contributed by atoms with Crippen LogP contribution in [0.1, 0.15) is 24.9 Å². The maximum Gasteiger partial charge on any atom is 0.248 e. The van der Waals surface area contributed by atoms with Crippen LogP contribution in [-0.4, -0.2) is 40.6 Å². The van der Waals surface area contributed by atoms with Crippen molar-refractivity contribution in [2.24, 2.45) is 11.1 Å². The van der Waals surface area contributed by atoms with E-state index in [4.69, 9.17) is 5.73 Å². The van der Waals surface area contributed by atoms with Gasteiger partial charge in [-0.25, -0.2) is 0 Å². The molecule has 0 bridgehead atoms. The van der Waals surface area contributed by atoms with E-state index in [9.17, 15) is 14.9 Å². The summed E-state index contributed by atoms with van der Waals surface area (Å²) >= 11 is 4.12. The lowest BCUT2D eigenvalue weighted by atomic mass is 9.75. The van der Waals surface area contributed by atoms with Crippen molar-refractivity contribution in [2.75, 3.05) is 12.3 Å². The van der Waals surface area contributed by atoms with Gasteiger partial charge in [-0.2, -0.15) is 17.9 Å². The molecule has 0 aliphatic carbocycles. The zero-order valence-corrected chi connectivity index (χ0v) is 14.3. The predicted octanol–water partition coefficient (Wildman–Crippen LogP) is 0.616. The molecule has 0 radical (unpaired) electrons. The van der Waals surface area contributed by atoms with Crippen molar-refractivity contribution in [1.29, 1.82) is 5.26 Å². The molecular weight excluding hydrogens is 324 g/mol. The highest BCUT2D eigenvalue weighted by Crippen LogP contribution is 2.56. The molecule has 2 aliphatic rings. The van der Waals surface area contributed by atoms with Crippen LogP contribution in [-0.2, 0) is 9.59 Å². The molecule has 0 saturated carbocycles. The van der Waals surface area contributed by atoms with E-state index in [1.165, 1.54) is 0 Å². The topological polar surface area (TPSA) is 99.2 Å². The van der Waals surface area contributed by atoms with E-state index >= 15 is 0 Å². The summed E-state index contributed by atoms with van der Waals surface area (Å²) in [6, 6.07) is 10.4. The Morgan fingerprint density at radius 3 is 2.67 bits per heavy atom. The highest BCUT2D eigenvalue weighted by Gasteiger charge is 2.67. The summed E-state index contributed by atoms with van der Waals surface area (Å²) in [4.78, 5) is 26.9. The Morgan fingerprint density at radius 2 is 2.21 bits per heavy atom. The standard InChI is InChI=1S/C17H20N4O2S/c1-16(9-18)8-17(10-20-15(17)23)21(14(22)12(19)7-24)13(16)11-5-3-2-4-6-11/h2-6,12-13,24H,7-8,10,19H2,1H3,(H,20,23). The molecular formula is C17H20N4O2S. The maximum absolute atomic E-state index is 13.0. The minimum Gasteiger partial charge on any atom is -0.351 e. The van der Waals surface area contributed by atoms with Gasteiger partial charge >= 0.3 is 0 Å². The first kappa shape index (κ1) is 16.8. The summed E-state index contributed by atoms with van der Waals surface area (Å²) in [6.07, 6.45) is 0.299. The summed E-state index contributed by atoms with van der Waals surface area (Å²) < 4.78 is 0. The predicted molar refractivity (Wildman–Crippen MR) is 91.9 cm³/mol. The Kier molecular flexibility index (Phi) is 4.06. The third-order valence-electron chi connectivity index (χ3n) is 5.07. The summed E-state index contributed by atoms with van der Waals surface area (Å²) in [5.41, 5.74) is 4.89. The number of benzene rings is 1. The Morgan fingerprint density at radius 1 is 1.54 bits per heavy atom. The third-order valence-corrected chi connectivity index (χ3v) is 5.46. The summed E-state index contributed by atoms with van der Waals surface area (Å²) in [7, 11) is 0. The van der Waals surface area contributed by atoms with E-state index in [2.05, 4.69) is 24.0 Å². The van der Waals surface area contributed by atoms with Crippen LogP contribution in [0.15, 0.2) is 30.3 Å². The molecule has 3 rings (SSSR count). The van der Waals surface area contributed by atoms with Crippen molar-refractivity contribution >= 4 is 24.4 Å². The molecule has 0 aromatic heterocycles. The van der Waals surface area contributed by atoms with E-state index in [1.54, 1.807) is 11.8 Å². The first-order valence-corrected chi connectivity index (χ1v) is 8.47. The van der Waals surface area contributed by atoms with Gasteiger partial charge in [-0.15, -0.1) is 0 Å². The normalized spacial score (nSPS) is 32.8. The monoisotopic (exact) mass is 344 g/mol. The molecule has 2 amide bonds. The SMILES string of the molecule is CC1(C#N)CC2(CNC2=O)N(C(=O)C(N)CS)C1c1ccccc1. The van der Waals surface area contributed by atoms with Crippen LogP contribution in [0.25, 0.3) is 0 Å². The number of nitrogens with two attached hydrogens (primary N) is 1. The van der Waals surface area contributed by atoms with Crippen LogP contribution in [0.2, 0.25) is 0 Å². The molecule has 2 saturated heterocycles. The molecule has 2 fully saturated rings. The van der Waals surface area contributed by atoms with Gasteiger partial charge < -0.3 is 16.0 Å². The number of hydrogen-bond acceptors (Lipinski definition) is 5. The zero-order valence-electron chi connectivity index (χ0n) is 13.4. The molecule has 1 spiro atoms. The highest BCUT2D eigenvalue weighted by molar-refractivity contribution is 7.80. The molecule has 6 nitrogen and oxygen atoms in total. The maximum atomic E-state index is 13.0. The summed E-state index contributed by atoms with van der Waals surface area (Å²) in [5.74, 6) is -0.382. The van der Waals surface area contributed by atoms with Crippen LogP contribution >= 0.6 is 12.6 Å². The van der Waals surface area contributed by atoms with Gasteiger partial charge in [0.05, 0.1) is 30.1 Å². The van der Waals surface area contributed by atoms with Crippen LogP contribution < -0.4 is 11.1 Å². The van der Waals surface area contributed by atoms with E-state index in [1.807, 2.05) is 30.3 Å². The molecule has 3 N–H and O–H groups in total. The second-order valence-electron chi connectivity index (χ2n) is 6.73. The minimum absolute atomic E-state index is 0.178. The molecule has 2 aliphatic heterocycles. The van der Waals surface area contributed by atoms with Gasteiger partial charge in [0, 0.05) is 12.2 Å². The fourth-order valence-electron chi connectivity index (χ4n) is 3.87. The van der Waals surface area contributed by atoms with Gasteiger partial charge in [-0.3, -0.25) is 9.59 Å². The third kappa shape index (κ3) is 2.21. The van der Waals surface area contributed by atoms with Gasteiger partial charge in [-0.1, -0.05) is 30.3 Å². The number of hydrogen-bond donors (Lipinski definition) is 3. The van der Waals surface area contributed by atoms with Gasteiger partial charge in [0.1, 0.15) is 5.54 Å². The van der Waals surface area contributed by atoms with Crippen molar-refractivity contribution < 1.29 is 9.59 Å². The van der Waals surface area contributed by atoms with Crippen molar-refractivity contribution in [2.45, 2.75) is 31.0 Å². The first-order valence-electron chi connectivity index (χ1n) is 7.84. The number of thiol groups is 1. The molecule has 1 aromatic rings. The molecule has 4 unspecified atom stereocenters. The van der Waals surface area contributed by atoms with E-state index in [0.29, 0.717) is 13.0 Å². The van der Waals surface area contributed by atoms with Crippen molar-refractivity contribution in [3.8, 4) is 6.07 Å². The van der Waals surface area contributed by atoms with E-state index < -0.39 is 23.0 Å². The van der Waals surface area contributed by atoms with E-state index in [0.717, 1.165) is 5.56 Å². The van der Waals surface area contributed by atoms with Gasteiger partial charge in [0.2, 0.25) is 11.8 Å². The second-order valence-corrected chi connectivity index (χ2v) is 7.10. The van der Waals surface area contributed by atoms with Gasteiger partial charge in [-0.05, 0) is 12.5 Å². The Hall–Kier alpha value is -2.04. The first-order chi connectivity index (χ1) is 11.4. The van der Waals surface area contributed by atoms with Crippen molar-refractivity contribution in [3.63, 3.8) is 0 Å². The fraction of sp³-hybridized carbons (Fsp3) is 0.471. The molecule has 126 valence electrons. The zero-order chi connectivity index (χ0) is 17.5. The van der Waals surface area contributed by atoms with Crippen molar-refractivity contribution in [1.82, 2.24) is 10.2 Å².